The van der Waals surface area contributed by atoms with Crippen LogP contribution in [-0.4, -0.2) is 20.6 Å². The molecular formula is C7H6ClN5. The highest BCUT2D eigenvalue weighted by Gasteiger charge is 2.07. The number of hydrogen-bond acceptors (Lipinski definition) is 4. The average Bonchev–Trinajstić information content (AvgIpc) is 2.61. The Labute approximate surface area is 78.9 Å². The molecule has 0 aliphatic heterocycles. The quantitative estimate of drug-likeness (QED) is 0.668. The maximum atomic E-state index is 5.91. The van der Waals surface area contributed by atoms with Crippen LogP contribution in [0, 0.1) is 0 Å². The monoisotopic (exact) mass is 195 g/mol. The van der Waals surface area contributed by atoms with Gasteiger partial charge in [0.2, 0.25) is 5.82 Å². The van der Waals surface area contributed by atoms with E-state index in [-0.39, 0.29) is 0 Å². The summed E-state index contributed by atoms with van der Waals surface area (Å²) in [4.78, 5) is 0. The number of tetrazole rings is 1. The summed E-state index contributed by atoms with van der Waals surface area (Å²) in [6, 6.07) is 5.11. The Morgan fingerprint density at radius 3 is 2.92 bits per heavy atom. The summed E-state index contributed by atoms with van der Waals surface area (Å²) in [5.74, 6) is 0.442. The second kappa shape index (κ2) is 3.02. The molecule has 0 aliphatic carbocycles. The van der Waals surface area contributed by atoms with Gasteiger partial charge >= 0.3 is 0 Å². The second-order valence-corrected chi connectivity index (χ2v) is 2.88. The van der Waals surface area contributed by atoms with Crippen molar-refractivity contribution in [2.45, 2.75) is 0 Å². The van der Waals surface area contributed by atoms with Crippen molar-refractivity contribution < 1.29 is 0 Å². The second-order valence-electron chi connectivity index (χ2n) is 2.47. The number of aromatic amines is 1. The summed E-state index contributed by atoms with van der Waals surface area (Å²) >= 11 is 5.91. The first-order valence-corrected chi connectivity index (χ1v) is 3.94. The molecule has 0 spiro atoms. The van der Waals surface area contributed by atoms with E-state index in [4.69, 9.17) is 17.3 Å². The van der Waals surface area contributed by atoms with Crippen molar-refractivity contribution in [3.05, 3.63) is 23.2 Å². The van der Waals surface area contributed by atoms with Gasteiger partial charge in [0.25, 0.3) is 0 Å². The molecule has 2 rings (SSSR count). The molecule has 1 heterocycles. The molecule has 6 heteroatoms. The van der Waals surface area contributed by atoms with Crippen molar-refractivity contribution in [1.82, 2.24) is 20.6 Å². The van der Waals surface area contributed by atoms with Crippen LogP contribution in [0.5, 0.6) is 0 Å². The number of anilines is 1. The third kappa shape index (κ3) is 1.46. The molecule has 1 aromatic heterocycles. The zero-order valence-corrected chi connectivity index (χ0v) is 7.28. The topological polar surface area (TPSA) is 80.5 Å². The maximum Gasteiger partial charge on any atom is 0.206 e. The molecule has 66 valence electrons. The Morgan fingerprint density at radius 1 is 1.38 bits per heavy atom. The Morgan fingerprint density at radius 2 is 2.23 bits per heavy atom. The normalized spacial score (nSPS) is 10.2. The van der Waals surface area contributed by atoms with E-state index in [1.165, 1.54) is 0 Å². The van der Waals surface area contributed by atoms with Crippen LogP contribution in [0.15, 0.2) is 18.2 Å². The lowest BCUT2D eigenvalue weighted by atomic mass is 10.2. The molecule has 5 nitrogen and oxygen atoms in total. The first-order valence-electron chi connectivity index (χ1n) is 3.56. The van der Waals surface area contributed by atoms with Gasteiger partial charge in [-0.1, -0.05) is 11.6 Å². The number of benzene rings is 1. The molecule has 0 amide bonds. The molecule has 0 aliphatic rings. The lowest BCUT2D eigenvalue weighted by Crippen LogP contribution is -1.88. The van der Waals surface area contributed by atoms with E-state index in [0.29, 0.717) is 22.1 Å². The molecule has 0 fully saturated rings. The number of nitrogens with zero attached hydrogens (tertiary/aromatic N) is 3. The Hall–Kier alpha value is -1.62. The van der Waals surface area contributed by atoms with Crippen LogP contribution >= 0.6 is 11.6 Å². The number of nitrogens with two attached hydrogens (primary N) is 1. The van der Waals surface area contributed by atoms with Gasteiger partial charge < -0.3 is 5.73 Å². The lowest BCUT2D eigenvalue weighted by molar-refractivity contribution is 0.881. The highest BCUT2D eigenvalue weighted by atomic mass is 35.5. The van der Waals surface area contributed by atoms with Gasteiger partial charge in [0.05, 0.1) is 5.02 Å². The zero-order chi connectivity index (χ0) is 9.26. The van der Waals surface area contributed by atoms with Gasteiger partial charge in [-0.3, -0.25) is 0 Å². The van der Waals surface area contributed by atoms with Gasteiger partial charge in [0.1, 0.15) is 0 Å². The number of nitrogen functional groups attached to an aromatic ring is 1. The smallest absolute Gasteiger partial charge is 0.206 e. The third-order valence-corrected chi connectivity index (χ3v) is 1.91. The fourth-order valence-corrected chi connectivity index (χ4v) is 1.19. The standard InChI is InChI=1S/C7H6ClN5/c8-6-2-1-4(9)3-5(6)7-10-12-13-11-7/h1-3H,9H2,(H,10,11,12,13). The molecule has 3 N–H and O–H groups in total. The minimum atomic E-state index is 0.442. The highest BCUT2D eigenvalue weighted by Crippen LogP contribution is 2.26. The van der Waals surface area contributed by atoms with E-state index in [1.807, 2.05) is 0 Å². The molecule has 0 saturated heterocycles. The van der Waals surface area contributed by atoms with E-state index in [0.717, 1.165) is 0 Å². The van der Waals surface area contributed by atoms with Crippen LogP contribution < -0.4 is 5.73 Å². The Bertz CT molecular complexity index is 411. The number of hydrogen-bond donors (Lipinski definition) is 2. The summed E-state index contributed by atoms with van der Waals surface area (Å²) in [6.07, 6.45) is 0. The highest BCUT2D eigenvalue weighted by molar-refractivity contribution is 6.33. The third-order valence-electron chi connectivity index (χ3n) is 1.58. The number of nitrogens with one attached hydrogen (secondary N) is 1. The van der Waals surface area contributed by atoms with Gasteiger partial charge in [0, 0.05) is 11.3 Å². The minimum absolute atomic E-state index is 0.442. The summed E-state index contributed by atoms with van der Waals surface area (Å²) < 4.78 is 0. The summed E-state index contributed by atoms with van der Waals surface area (Å²) in [6.45, 7) is 0. The molecule has 0 atom stereocenters. The van der Waals surface area contributed by atoms with Crippen LogP contribution in [0.25, 0.3) is 11.4 Å². The van der Waals surface area contributed by atoms with Crippen LogP contribution in [0.1, 0.15) is 0 Å². The van der Waals surface area contributed by atoms with E-state index in [2.05, 4.69) is 20.6 Å². The van der Waals surface area contributed by atoms with E-state index < -0.39 is 0 Å². The SMILES string of the molecule is Nc1ccc(Cl)c(-c2nn[nH]n2)c1. The Balaban J connectivity index is 2.57. The summed E-state index contributed by atoms with van der Waals surface area (Å²) in [7, 11) is 0. The van der Waals surface area contributed by atoms with Gasteiger partial charge in [-0.15, -0.1) is 10.2 Å². The summed E-state index contributed by atoms with van der Waals surface area (Å²) in [5.41, 5.74) is 6.88. The van der Waals surface area contributed by atoms with Crippen molar-refractivity contribution in [3.8, 4) is 11.4 Å². The summed E-state index contributed by atoms with van der Waals surface area (Å²) in [5, 5.41) is 13.9. The molecule has 13 heavy (non-hydrogen) atoms. The molecular weight excluding hydrogens is 190 g/mol. The first kappa shape index (κ1) is 8.00. The molecule has 0 unspecified atom stereocenters. The van der Waals surface area contributed by atoms with Crippen molar-refractivity contribution in [2.24, 2.45) is 0 Å². The molecule has 0 radical (unpaired) electrons. The number of halogens is 1. The molecule has 1 aromatic carbocycles. The largest absolute Gasteiger partial charge is 0.399 e. The number of H-pyrrole nitrogens is 1. The van der Waals surface area contributed by atoms with Crippen LogP contribution in [0.2, 0.25) is 5.02 Å². The van der Waals surface area contributed by atoms with E-state index in [1.54, 1.807) is 18.2 Å². The van der Waals surface area contributed by atoms with Gasteiger partial charge in [-0.2, -0.15) is 5.21 Å². The van der Waals surface area contributed by atoms with Gasteiger partial charge in [-0.05, 0) is 23.4 Å². The molecule has 0 bridgehead atoms. The number of rotatable bonds is 1. The average molecular weight is 196 g/mol. The van der Waals surface area contributed by atoms with Crippen molar-refractivity contribution in [3.63, 3.8) is 0 Å². The first-order chi connectivity index (χ1) is 6.27. The minimum Gasteiger partial charge on any atom is -0.399 e. The van der Waals surface area contributed by atoms with Crippen molar-refractivity contribution in [1.29, 1.82) is 0 Å². The van der Waals surface area contributed by atoms with Gasteiger partial charge in [-0.25, -0.2) is 0 Å². The fraction of sp³-hybridized carbons (Fsp3) is 0. The van der Waals surface area contributed by atoms with Crippen LogP contribution in [0.3, 0.4) is 0 Å². The fourth-order valence-electron chi connectivity index (χ4n) is 0.990. The van der Waals surface area contributed by atoms with Gasteiger partial charge in [0.15, 0.2) is 0 Å². The van der Waals surface area contributed by atoms with E-state index in [9.17, 15) is 0 Å². The number of aromatic nitrogens is 4. The van der Waals surface area contributed by atoms with Crippen LogP contribution in [-0.2, 0) is 0 Å². The Kier molecular flexibility index (Phi) is 1.86. The van der Waals surface area contributed by atoms with E-state index >= 15 is 0 Å². The molecule has 0 saturated carbocycles. The van der Waals surface area contributed by atoms with Crippen LogP contribution in [0.4, 0.5) is 5.69 Å². The molecule has 2 aromatic rings. The predicted octanol–water partition coefficient (Wildman–Crippen LogP) is 1.10. The lowest BCUT2D eigenvalue weighted by Gasteiger charge is -1.99. The maximum absolute atomic E-state index is 5.91. The van der Waals surface area contributed by atoms with Crippen molar-refractivity contribution in [2.75, 3.05) is 5.73 Å². The predicted molar refractivity (Wildman–Crippen MR) is 49.0 cm³/mol. The van der Waals surface area contributed by atoms with Crippen molar-refractivity contribution >= 4 is 17.3 Å². The zero-order valence-electron chi connectivity index (χ0n) is 6.53.